The van der Waals surface area contributed by atoms with Crippen LogP contribution < -0.4 is 0 Å². The molecule has 1 amide bonds. The Labute approximate surface area is 84.8 Å². The van der Waals surface area contributed by atoms with Gasteiger partial charge in [-0.05, 0) is 24.1 Å². The number of aromatic nitrogens is 1. The maximum atomic E-state index is 11.2. The molecule has 1 rings (SSSR count). The molecule has 0 saturated heterocycles. The molecule has 0 N–H and O–H groups in total. The number of likely N-dealkylation sites (N-methyl/N-ethyl adjacent to an activating group) is 1. The summed E-state index contributed by atoms with van der Waals surface area (Å²) in [7, 11) is 1.84. The lowest BCUT2D eigenvalue weighted by Gasteiger charge is -2.15. The molecule has 0 atom stereocenters. The van der Waals surface area contributed by atoms with Gasteiger partial charge >= 0.3 is 0 Å². The van der Waals surface area contributed by atoms with Gasteiger partial charge in [-0.15, -0.1) is 0 Å². The lowest BCUT2D eigenvalue weighted by molar-refractivity contribution is -0.129. The summed E-state index contributed by atoms with van der Waals surface area (Å²) in [5.74, 6) is 0.194. The van der Waals surface area contributed by atoms with Gasteiger partial charge in [-0.2, -0.15) is 0 Å². The molecule has 0 aliphatic rings. The zero-order valence-electron chi connectivity index (χ0n) is 8.73. The van der Waals surface area contributed by atoms with Gasteiger partial charge in [0.1, 0.15) is 0 Å². The highest BCUT2D eigenvalue weighted by Gasteiger charge is 2.04. The first-order valence-electron chi connectivity index (χ1n) is 4.87. The number of carbonyl (C=O) groups excluding carboxylic acids is 1. The van der Waals surface area contributed by atoms with Crippen LogP contribution in [0.15, 0.2) is 24.5 Å². The van der Waals surface area contributed by atoms with Crippen LogP contribution in [0.4, 0.5) is 0 Å². The molecule has 76 valence electrons. The Morgan fingerprint density at radius 1 is 1.43 bits per heavy atom. The van der Waals surface area contributed by atoms with E-state index < -0.39 is 0 Å². The van der Waals surface area contributed by atoms with Crippen molar-refractivity contribution in [3.63, 3.8) is 0 Å². The number of hydrogen-bond acceptors (Lipinski definition) is 2. The van der Waals surface area contributed by atoms with Crippen LogP contribution in [0.3, 0.4) is 0 Å². The van der Waals surface area contributed by atoms with Crippen molar-refractivity contribution in [1.29, 1.82) is 0 Å². The van der Waals surface area contributed by atoms with E-state index in [1.165, 1.54) is 5.56 Å². The Morgan fingerprint density at radius 3 is 2.64 bits per heavy atom. The summed E-state index contributed by atoms with van der Waals surface area (Å²) in [6.45, 7) is 2.65. The van der Waals surface area contributed by atoms with Gasteiger partial charge in [0.05, 0.1) is 0 Å². The van der Waals surface area contributed by atoms with Gasteiger partial charge in [0, 0.05) is 32.4 Å². The molecule has 3 heteroatoms. The summed E-state index contributed by atoms with van der Waals surface area (Å²) in [5.41, 5.74) is 1.22. The smallest absolute Gasteiger partial charge is 0.222 e. The van der Waals surface area contributed by atoms with Crippen LogP contribution in [-0.4, -0.2) is 29.4 Å². The van der Waals surface area contributed by atoms with Crippen LogP contribution in [0.2, 0.25) is 0 Å². The number of rotatable bonds is 4. The minimum atomic E-state index is 0.194. The molecule has 0 unspecified atom stereocenters. The predicted molar refractivity (Wildman–Crippen MR) is 55.9 cm³/mol. The largest absolute Gasteiger partial charge is 0.345 e. The average molecular weight is 192 g/mol. The zero-order valence-corrected chi connectivity index (χ0v) is 8.73. The van der Waals surface area contributed by atoms with Gasteiger partial charge in [-0.25, -0.2) is 0 Å². The predicted octanol–water partition coefficient (Wildman–Crippen LogP) is 1.49. The number of hydrogen-bond donors (Lipinski definition) is 0. The zero-order chi connectivity index (χ0) is 10.4. The molecular weight excluding hydrogens is 176 g/mol. The molecule has 0 saturated carbocycles. The Balaban J connectivity index is 2.38. The van der Waals surface area contributed by atoms with Gasteiger partial charge in [0.25, 0.3) is 0 Å². The van der Waals surface area contributed by atoms with E-state index >= 15 is 0 Å². The Morgan fingerprint density at radius 2 is 2.07 bits per heavy atom. The fraction of sp³-hybridized carbons (Fsp3) is 0.455. The molecule has 0 aliphatic heterocycles. The van der Waals surface area contributed by atoms with Gasteiger partial charge in [0.15, 0.2) is 0 Å². The first-order chi connectivity index (χ1) is 6.74. The molecular formula is C11H16N2O. The van der Waals surface area contributed by atoms with Crippen molar-refractivity contribution >= 4 is 5.91 Å². The van der Waals surface area contributed by atoms with E-state index in [1.54, 1.807) is 17.3 Å². The van der Waals surface area contributed by atoms with Crippen molar-refractivity contribution in [1.82, 2.24) is 9.88 Å². The molecule has 0 aromatic carbocycles. The lowest BCUT2D eigenvalue weighted by atomic mass is 10.2. The third kappa shape index (κ3) is 3.17. The van der Waals surface area contributed by atoms with E-state index in [-0.39, 0.29) is 5.91 Å². The topological polar surface area (TPSA) is 33.2 Å². The van der Waals surface area contributed by atoms with Crippen LogP contribution in [0.1, 0.15) is 18.9 Å². The van der Waals surface area contributed by atoms with Crippen LogP contribution in [0, 0.1) is 0 Å². The second-order valence-electron chi connectivity index (χ2n) is 3.27. The van der Waals surface area contributed by atoms with Crippen LogP contribution >= 0.6 is 0 Å². The Bertz CT molecular complexity index is 285. The minimum absolute atomic E-state index is 0.194. The molecule has 3 nitrogen and oxygen atoms in total. The summed E-state index contributed by atoms with van der Waals surface area (Å²) in [5, 5.41) is 0. The second-order valence-corrected chi connectivity index (χ2v) is 3.27. The molecule has 0 bridgehead atoms. The van der Waals surface area contributed by atoms with E-state index in [0.717, 1.165) is 13.0 Å². The molecule has 0 radical (unpaired) electrons. The van der Waals surface area contributed by atoms with Crippen molar-refractivity contribution in [2.75, 3.05) is 13.6 Å². The Kier molecular flexibility index (Phi) is 4.11. The SMILES string of the molecule is CCC(=O)N(C)CCc1ccncc1. The minimum Gasteiger partial charge on any atom is -0.345 e. The average Bonchev–Trinajstić information content (AvgIpc) is 2.26. The van der Waals surface area contributed by atoms with Gasteiger partial charge in [-0.3, -0.25) is 9.78 Å². The summed E-state index contributed by atoms with van der Waals surface area (Å²) in [6.07, 6.45) is 5.02. The third-order valence-corrected chi connectivity index (χ3v) is 2.21. The van der Waals surface area contributed by atoms with Crippen LogP contribution in [0.25, 0.3) is 0 Å². The van der Waals surface area contributed by atoms with Gasteiger partial charge in [-0.1, -0.05) is 6.92 Å². The molecule has 1 heterocycles. The van der Waals surface area contributed by atoms with Crippen LogP contribution in [-0.2, 0) is 11.2 Å². The van der Waals surface area contributed by atoms with Crippen molar-refractivity contribution in [3.8, 4) is 0 Å². The molecule has 0 fully saturated rings. The first kappa shape index (κ1) is 10.7. The van der Waals surface area contributed by atoms with E-state index in [1.807, 2.05) is 26.1 Å². The maximum absolute atomic E-state index is 11.2. The highest BCUT2D eigenvalue weighted by Crippen LogP contribution is 1.99. The van der Waals surface area contributed by atoms with Crippen molar-refractivity contribution in [3.05, 3.63) is 30.1 Å². The number of carbonyl (C=O) groups is 1. The summed E-state index contributed by atoms with van der Waals surface area (Å²) in [4.78, 5) is 17.0. The van der Waals surface area contributed by atoms with Crippen molar-refractivity contribution < 1.29 is 4.79 Å². The van der Waals surface area contributed by atoms with E-state index in [9.17, 15) is 4.79 Å². The highest BCUT2D eigenvalue weighted by atomic mass is 16.2. The summed E-state index contributed by atoms with van der Waals surface area (Å²) >= 11 is 0. The normalized spacial score (nSPS) is 9.86. The second kappa shape index (κ2) is 5.37. The number of amides is 1. The molecule has 0 spiro atoms. The van der Waals surface area contributed by atoms with Gasteiger partial charge in [0.2, 0.25) is 5.91 Å². The van der Waals surface area contributed by atoms with Crippen molar-refractivity contribution in [2.24, 2.45) is 0 Å². The van der Waals surface area contributed by atoms with E-state index in [0.29, 0.717) is 6.42 Å². The molecule has 0 aliphatic carbocycles. The standard InChI is InChI=1S/C11H16N2O/c1-3-11(14)13(2)9-6-10-4-7-12-8-5-10/h4-5,7-8H,3,6,9H2,1-2H3. The van der Waals surface area contributed by atoms with Crippen molar-refractivity contribution in [2.45, 2.75) is 19.8 Å². The monoisotopic (exact) mass is 192 g/mol. The molecule has 14 heavy (non-hydrogen) atoms. The third-order valence-electron chi connectivity index (χ3n) is 2.21. The molecule has 1 aromatic heterocycles. The number of pyridine rings is 1. The lowest BCUT2D eigenvalue weighted by Crippen LogP contribution is -2.27. The highest BCUT2D eigenvalue weighted by molar-refractivity contribution is 5.75. The van der Waals surface area contributed by atoms with Crippen LogP contribution in [0.5, 0.6) is 0 Å². The molecule has 1 aromatic rings. The fourth-order valence-electron chi connectivity index (χ4n) is 1.24. The number of nitrogens with zero attached hydrogens (tertiary/aromatic N) is 2. The Hall–Kier alpha value is -1.38. The van der Waals surface area contributed by atoms with E-state index in [2.05, 4.69) is 4.98 Å². The summed E-state index contributed by atoms with van der Waals surface area (Å²) < 4.78 is 0. The first-order valence-corrected chi connectivity index (χ1v) is 4.87. The quantitative estimate of drug-likeness (QED) is 0.724. The van der Waals surface area contributed by atoms with Gasteiger partial charge < -0.3 is 4.90 Å². The summed E-state index contributed by atoms with van der Waals surface area (Å²) in [6, 6.07) is 3.95. The maximum Gasteiger partial charge on any atom is 0.222 e. The fourth-order valence-corrected chi connectivity index (χ4v) is 1.24. The van der Waals surface area contributed by atoms with E-state index in [4.69, 9.17) is 0 Å².